The van der Waals surface area contributed by atoms with Gasteiger partial charge in [0.25, 0.3) is 0 Å². The van der Waals surface area contributed by atoms with Crippen LogP contribution in [0.25, 0.3) is 10.9 Å². The third-order valence-electron chi connectivity index (χ3n) is 3.35. The van der Waals surface area contributed by atoms with E-state index in [1.807, 2.05) is 66.5 Å². The van der Waals surface area contributed by atoms with E-state index in [4.69, 9.17) is 0 Å². The van der Waals surface area contributed by atoms with Crippen LogP contribution in [-0.2, 0) is 0 Å². The van der Waals surface area contributed by atoms with Crippen LogP contribution in [0.1, 0.15) is 5.56 Å². The number of benzene rings is 2. The van der Waals surface area contributed by atoms with E-state index in [9.17, 15) is 5.26 Å². The van der Waals surface area contributed by atoms with E-state index in [-0.39, 0.29) is 0 Å². The molecule has 0 radical (unpaired) electrons. The van der Waals surface area contributed by atoms with Gasteiger partial charge in [0.2, 0.25) is 0 Å². The molecule has 0 bridgehead atoms. The first-order valence-electron chi connectivity index (χ1n) is 6.38. The molecule has 0 fully saturated rings. The van der Waals surface area contributed by atoms with Crippen molar-refractivity contribution in [1.82, 2.24) is 4.98 Å². The first-order chi connectivity index (χ1) is 9.81. The highest BCUT2D eigenvalue weighted by molar-refractivity contribution is 5.96. The quantitative estimate of drug-likeness (QED) is 0.701. The standard InChI is InChI=1S/C17H13N3/c1-20(14-7-3-2-4-8-14)17-13(11-18)12-19-16-10-6-5-9-15(16)17/h2-10,12H,1H3. The number of fused-ring (bicyclic) bond motifs is 1. The Kier molecular flexibility index (Phi) is 3.06. The first kappa shape index (κ1) is 12.2. The SMILES string of the molecule is CN(c1ccccc1)c1c(C#N)cnc2ccccc12. The summed E-state index contributed by atoms with van der Waals surface area (Å²) in [6.07, 6.45) is 1.64. The summed E-state index contributed by atoms with van der Waals surface area (Å²) in [4.78, 5) is 6.37. The van der Waals surface area contributed by atoms with Crippen molar-refractivity contribution in [3.63, 3.8) is 0 Å². The van der Waals surface area contributed by atoms with Crippen LogP contribution in [0.4, 0.5) is 11.4 Å². The highest BCUT2D eigenvalue weighted by atomic mass is 15.1. The molecule has 96 valence electrons. The number of aromatic nitrogens is 1. The van der Waals surface area contributed by atoms with E-state index < -0.39 is 0 Å². The Balaban J connectivity index is 2.27. The van der Waals surface area contributed by atoms with Gasteiger partial charge >= 0.3 is 0 Å². The second-order valence-corrected chi connectivity index (χ2v) is 4.54. The van der Waals surface area contributed by atoms with Crippen LogP contribution in [0.15, 0.2) is 60.8 Å². The minimum Gasteiger partial charge on any atom is -0.343 e. The van der Waals surface area contributed by atoms with Gasteiger partial charge in [-0.15, -0.1) is 0 Å². The normalized spacial score (nSPS) is 10.2. The van der Waals surface area contributed by atoms with E-state index in [2.05, 4.69) is 11.1 Å². The lowest BCUT2D eigenvalue weighted by atomic mass is 10.1. The van der Waals surface area contributed by atoms with E-state index in [1.165, 1.54) is 0 Å². The minimum absolute atomic E-state index is 0.579. The van der Waals surface area contributed by atoms with Crippen LogP contribution in [0, 0.1) is 11.3 Å². The summed E-state index contributed by atoms with van der Waals surface area (Å²) in [6, 6.07) is 20.1. The minimum atomic E-state index is 0.579. The molecule has 0 N–H and O–H groups in total. The Hall–Kier alpha value is -2.86. The lowest BCUT2D eigenvalue weighted by Gasteiger charge is -2.22. The zero-order valence-corrected chi connectivity index (χ0v) is 11.1. The number of anilines is 2. The van der Waals surface area contributed by atoms with Gasteiger partial charge in [0.05, 0.1) is 16.8 Å². The van der Waals surface area contributed by atoms with E-state index in [0.29, 0.717) is 5.56 Å². The van der Waals surface area contributed by atoms with Gasteiger partial charge in [-0.25, -0.2) is 0 Å². The van der Waals surface area contributed by atoms with Gasteiger partial charge in [0.15, 0.2) is 0 Å². The molecule has 0 saturated heterocycles. The number of pyridine rings is 1. The molecule has 1 heterocycles. The van der Waals surface area contributed by atoms with Crippen molar-refractivity contribution in [1.29, 1.82) is 5.26 Å². The second-order valence-electron chi connectivity index (χ2n) is 4.54. The van der Waals surface area contributed by atoms with E-state index in [1.54, 1.807) is 6.20 Å². The summed E-state index contributed by atoms with van der Waals surface area (Å²) in [5, 5.41) is 10.3. The van der Waals surface area contributed by atoms with Gasteiger partial charge in [-0.3, -0.25) is 4.98 Å². The average Bonchev–Trinajstić information content (AvgIpc) is 2.54. The van der Waals surface area contributed by atoms with Crippen molar-refractivity contribution < 1.29 is 0 Å². The molecule has 0 aliphatic carbocycles. The molecule has 2 aromatic carbocycles. The van der Waals surface area contributed by atoms with Crippen molar-refractivity contribution in [3.8, 4) is 6.07 Å². The summed E-state index contributed by atoms with van der Waals surface area (Å²) in [7, 11) is 1.97. The Morgan fingerprint density at radius 3 is 2.45 bits per heavy atom. The van der Waals surface area contributed by atoms with Crippen LogP contribution in [-0.4, -0.2) is 12.0 Å². The number of hydrogen-bond acceptors (Lipinski definition) is 3. The lowest BCUT2D eigenvalue weighted by molar-refractivity contribution is 1.20. The highest BCUT2D eigenvalue weighted by Gasteiger charge is 2.13. The third-order valence-corrected chi connectivity index (χ3v) is 3.35. The molecule has 0 saturated carbocycles. The Labute approximate surface area is 117 Å². The highest BCUT2D eigenvalue weighted by Crippen LogP contribution is 2.32. The van der Waals surface area contributed by atoms with Crippen LogP contribution in [0.3, 0.4) is 0 Å². The largest absolute Gasteiger partial charge is 0.343 e. The van der Waals surface area contributed by atoms with Crippen molar-refractivity contribution in [2.24, 2.45) is 0 Å². The fraction of sp³-hybridized carbons (Fsp3) is 0.0588. The Morgan fingerprint density at radius 2 is 1.70 bits per heavy atom. The molecule has 3 rings (SSSR count). The molecule has 0 aliphatic heterocycles. The smallest absolute Gasteiger partial charge is 0.103 e. The number of rotatable bonds is 2. The summed E-state index contributed by atoms with van der Waals surface area (Å²) >= 11 is 0. The predicted octanol–water partition coefficient (Wildman–Crippen LogP) is 3.87. The zero-order chi connectivity index (χ0) is 13.9. The Bertz CT molecular complexity index is 788. The van der Waals surface area contributed by atoms with E-state index in [0.717, 1.165) is 22.3 Å². The van der Waals surface area contributed by atoms with Crippen LogP contribution in [0.2, 0.25) is 0 Å². The molecular formula is C17H13N3. The van der Waals surface area contributed by atoms with Crippen molar-refractivity contribution >= 4 is 22.3 Å². The van der Waals surface area contributed by atoms with Gasteiger partial charge in [0.1, 0.15) is 6.07 Å². The number of para-hydroxylation sites is 2. The van der Waals surface area contributed by atoms with Crippen molar-refractivity contribution in [2.75, 3.05) is 11.9 Å². The summed E-state index contributed by atoms with van der Waals surface area (Å²) < 4.78 is 0. The molecule has 0 amide bonds. The summed E-state index contributed by atoms with van der Waals surface area (Å²) in [6.45, 7) is 0. The van der Waals surface area contributed by atoms with Gasteiger partial charge in [-0.2, -0.15) is 5.26 Å². The number of hydrogen-bond donors (Lipinski definition) is 0. The van der Waals surface area contributed by atoms with Crippen LogP contribution in [0.5, 0.6) is 0 Å². The van der Waals surface area contributed by atoms with Gasteiger partial charge in [-0.05, 0) is 18.2 Å². The molecule has 3 nitrogen and oxygen atoms in total. The molecule has 0 unspecified atom stereocenters. The third kappa shape index (κ3) is 1.98. The summed E-state index contributed by atoms with van der Waals surface area (Å²) in [5.41, 5.74) is 3.41. The lowest BCUT2D eigenvalue weighted by Crippen LogP contribution is -2.11. The maximum atomic E-state index is 9.36. The molecule has 0 atom stereocenters. The average molecular weight is 259 g/mol. The first-order valence-corrected chi connectivity index (χ1v) is 6.38. The monoisotopic (exact) mass is 259 g/mol. The molecule has 0 aliphatic rings. The number of nitriles is 1. The van der Waals surface area contributed by atoms with Gasteiger partial charge in [-0.1, -0.05) is 36.4 Å². The molecule has 3 aromatic rings. The van der Waals surface area contributed by atoms with Crippen LogP contribution < -0.4 is 4.90 Å². The summed E-state index contributed by atoms with van der Waals surface area (Å²) in [5.74, 6) is 0. The molecule has 0 spiro atoms. The Morgan fingerprint density at radius 1 is 1.00 bits per heavy atom. The van der Waals surface area contributed by atoms with Gasteiger partial charge < -0.3 is 4.90 Å². The number of nitrogens with zero attached hydrogens (tertiary/aromatic N) is 3. The van der Waals surface area contributed by atoms with Crippen LogP contribution >= 0.6 is 0 Å². The predicted molar refractivity (Wildman–Crippen MR) is 81.0 cm³/mol. The molecular weight excluding hydrogens is 246 g/mol. The van der Waals surface area contributed by atoms with E-state index >= 15 is 0 Å². The van der Waals surface area contributed by atoms with Crippen molar-refractivity contribution in [3.05, 3.63) is 66.4 Å². The van der Waals surface area contributed by atoms with Gasteiger partial charge in [0, 0.05) is 24.3 Å². The fourth-order valence-electron chi connectivity index (χ4n) is 2.35. The second kappa shape index (κ2) is 5.02. The maximum Gasteiger partial charge on any atom is 0.103 e. The zero-order valence-electron chi connectivity index (χ0n) is 11.1. The molecule has 3 heteroatoms. The maximum absolute atomic E-state index is 9.36. The topological polar surface area (TPSA) is 39.9 Å². The molecule has 1 aromatic heterocycles. The van der Waals surface area contributed by atoms with Crippen molar-refractivity contribution in [2.45, 2.75) is 0 Å². The fourth-order valence-corrected chi connectivity index (χ4v) is 2.35. The molecule has 20 heavy (non-hydrogen) atoms.